The van der Waals surface area contributed by atoms with Crippen LogP contribution in [-0.4, -0.2) is 36.3 Å². The van der Waals surface area contributed by atoms with E-state index in [1.807, 2.05) is 12.1 Å². The molecule has 0 saturated carbocycles. The standard InChI is InChI=1S/C15H22N2O2/c1-12(2)17(7-4-8-18)11-14-9-13(10-16)5-6-15(14)19-3/h5-6,9,12,18H,4,7-8,11H2,1-3H3. The minimum absolute atomic E-state index is 0.193. The lowest BCUT2D eigenvalue weighted by atomic mass is 10.1. The summed E-state index contributed by atoms with van der Waals surface area (Å²) in [5.41, 5.74) is 1.65. The van der Waals surface area contributed by atoms with Crippen LogP contribution in [0.5, 0.6) is 5.75 Å². The van der Waals surface area contributed by atoms with Crippen LogP contribution in [0.1, 0.15) is 31.4 Å². The Balaban J connectivity index is 2.90. The quantitative estimate of drug-likeness (QED) is 0.818. The van der Waals surface area contributed by atoms with Gasteiger partial charge >= 0.3 is 0 Å². The molecule has 1 rings (SSSR count). The van der Waals surface area contributed by atoms with Crippen LogP contribution >= 0.6 is 0 Å². The molecule has 1 aromatic rings. The van der Waals surface area contributed by atoms with Crippen LogP contribution in [0.3, 0.4) is 0 Å². The van der Waals surface area contributed by atoms with E-state index >= 15 is 0 Å². The molecule has 0 aliphatic carbocycles. The van der Waals surface area contributed by atoms with E-state index < -0.39 is 0 Å². The maximum atomic E-state index is 8.97. The molecule has 1 aromatic carbocycles. The lowest BCUT2D eigenvalue weighted by molar-refractivity contribution is 0.183. The Labute approximate surface area is 115 Å². The number of aliphatic hydroxyl groups excluding tert-OH is 1. The fourth-order valence-corrected chi connectivity index (χ4v) is 1.98. The molecule has 0 saturated heterocycles. The van der Waals surface area contributed by atoms with E-state index in [4.69, 9.17) is 15.1 Å². The van der Waals surface area contributed by atoms with Gasteiger partial charge in [0.2, 0.25) is 0 Å². The molecule has 0 amide bonds. The van der Waals surface area contributed by atoms with E-state index in [1.54, 1.807) is 13.2 Å². The number of nitriles is 1. The zero-order valence-electron chi connectivity index (χ0n) is 11.9. The Morgan fingerprint density at radius 3 is 2.68 bits per heavy atom. The molecule has 0 heterocycles. The van der Waals surface area contributed by atoms with Crippen molar-refractivity contribution >= 4 is 0 Å². The molecular formula is C15H22N2O2. The van der Waals surface area contributed by atoms with E-state index in [0.29, 0.717) is 11.6 Å². The summed E-state index contributed by atoms with van der Waals surface area (Å²) in [6.07, 6.45) is 0.748. The molecule has 19 heavy (non-hydrogen) atoms. The predicted molar refractivity (Wildman–Crippen MR) is 75.0 cm³/mol. The molecule has 4 heteroatoms. The van der Waals surface area contributed by atoms with Crippen LogP contribution in [0.2, 0.25) is 0 Å². The summed E-state index contributed by atoms with van der Waals surface area (Å²) < 4.78 is 5.34. The summed E-state index contributed by atoms with van der Waals surface area (Å²) in [5, 5.41) is 17.9. The number of ether oxygens (including phenoxy) is 1. The van der Waals surface area contributed by atoms with Gasteiger partial charge in [-0.1, -0.05) is 0 Å². The van der Waals surface area contributed by atoms with Crippen molar-refractivity contribution in [3.05, 3.63) is 29.3 Å². The van der Waals surface area contributed by atoms with Crippen LogP contribution < -0.4 is 4.74 Å². The van der Waals surface area contributed by atoms with Gasteiger partial charge in [-0.15, -0.1) is 0 Å². The van der Waals surface area contributed by atoms with Gasteiger partial charge in [-0.2, -0.15) is 5.26 Å². The Bertz CT molecular complexity index is 438. The molecule has 0 fully saturated rings. The second-order valence-corrected chi connectivity index (χ2v) is 4.78. The minimum Gasteiger partial charge on any atom is -0.496 e. The second-order valence-electron chi connectivity index (χ2n) is 4.78. The zero-order chi connectivity index (χ0) is 14.3. The van der Waals surface area contributed by atoms with Crippen molar-refractivity contribution in [3.63, 3.8) is 0 Å². The monoisotopic (exact) mass is 262 g/mol. The number of methoxy groups -OCH3 is 1. The fourth-order valence-electron chi connectivity index (χ4n) is 1.98. The average Bonchev–Trinajstić information content (AvgIpc) is 2.42. The van der Waals surface area contributed by atoms with Gasteiger partial charge in [-0.3, -0.25) is 4.90 Å². The molecule has 0 aliphatic rings. The summed E-state index contributed by atoms with van der Waals surface area (Å²) in [7, 11) is 1.64. The molecular weight excluding hydrogens is 240 g/mol. The number of rotatable bonds is 7. The molecule has 0 bridgehead atoms. The van der Waals surface area contributed by atoms with Crippen LogP contribution in [-0.2, 0) is 6.54 Å². The highest BCUT2D eigenvalue weighted by Gasteiger charge is 2.13. The molecule has 1 N–H and O–H groups in total. The van der Waals surface area contributed by atoms with Gasteiger partial charge in [0.25, 0.3) is 0 Å². The highest BCUT2D eigenvalue weighted by atomic mass is 16.5. The van der Waals surface area contributed by atoms with E-state index in [2.05, 4.69) is 24.8 Å². The molecule has 0 aliphatic heterocycles. The van der Waals surface area contributed by atoms with Gasteiger partial charge in [0.15, 0.2) is 0 Å². The Morgan fingerprint density at radius 2 is 2.16 bits per heavy atom. The Hall–Kier alpha value is -1.57. The molecule has 0 aromatic heterocycles. The van der Waals surface area contributed by atoms with Crippen LogP contribution in [0, 0.1) is 11.3 Å². The molecule has 0 unspecified atom stereocenters. The fraction of sp³-hybridized carbons (Fsp3) is 0.533. The van der Waals surface area contributed by atoms with Gasteiger partial charge < -0.3 is 9.84 Å². The number of hydrogen-bond acceptors (Lipinski definition) is 4. The van der Waals surface area contributed by atoms with E-state index in [0.717, 1.165) is 30.8 Å². The van der Waals surface area contributed by atoms with E-state index in [9.17, 15) is 0 Å². The largest absolute Gasteiger partial charge is 0.496 e. The first-order chi connectivity index (χ1) is 9.12. The maximum Gasteiger partial charge on any atom is 0.123 e. The van der Waals surface area contributed by atoms with Crippen LogP contribution in [0.15, 0.2) is 18.2 Å². The number of hydrogen-bond donors (Lipinski definition) is 1. The van der Waals surface area contributed by atoms with Gasteiger partial charge in [0.05, 0.1) is 18.7 Å². The van der Waals surface area contributed by atoms with Crippen molar-refractivity contribution in [2.75, 3.05) is 20.3 Å². The van der Waals surface area contributed by atoms with Crippen LogP contribution in [0.4, 0.5) is 0 Å². The predicted octanol–water partition coefficient (Wildman–Crippen LogP) is 2.16. The van der Waals surface area contributed by atoms with Crippen molar-refractivity contribution in [2.24, 2.45) is 0 Å². The highest BCUT2D eigenvalue weighted by Crippen LogP contribution is 2.22. The lowest BCUT2D eigenvalue weighted by Crippen LogP contribution is -2.31. The minimum atomic E-state index is 0.193. The van der Waals surface area contributed by atoms with E-state index in [-0.39, 0.29) is 6.61 Å². The zero-order valence-corrected chi connectivity index (χ0v) is 11.9. The van der Waals surface area contributed by atoms with Crippen molar-refractivity contribution in [2.45, 2.75) is 32.9 Å². The van der Waals surface area contributed by atoms with Crippen LogP contribution in [0.25, 0.3) is 0 Å². The Morgan fingerprint density at radius 1 is 1.42 bits per heavy atom. The van der Waals surface area contributed by atoms with Crippen molar-refractivity contribution in [1.29, 1.82) is 5.26 Å². The Kier molecular flexibility index (Phi) is 6.34. The first-order valence-corrected chi connectivity index (χ1v) is 6.54. The number of benzene rings is 1. The first kappa shape index (κ1) is 15.5. The summed E-state index contributed by atoms with van der Waals surface area (Å²) >= 11 is 0. The molecule has 104 valence electrons. The molecule has 0 radical (unpaired) electrons. The molecule has 0 spiro atoms. The third-order valence-electron chi connectivity index (χ3n) is 3.12. The SMILES string of the molecule is COc1ccc(C#N)cc1CN(CCCO)C(C)C. The third kappa shape index (κ3) is 4.55. The van der Waals surface area contributed by atoms with Crippen molar-refractivity contribution in [3.8, 4) is 11.8 Å². The number of aliphatic hydroxyl groups is 1. The maximum absolute atomic E-state index is 8.97. The first-order valence-electron chi connectivity index (χ1n) is 6.54. The van der Waals surface area contributed by atoms with Crippen molar-refractivity contribution < 1.29 is 9.84 Å². The van der Waals surface area contributed by atoms with Crippen molar-refractivity contribution in [1.82, 2.24) is 4.90 Å². The van der Waals surface area contributed by atoms with Gasteiger partial charge in [0, 0.05) is 31.3 Å². The summed E-state index contributed by atoms with van der Waals surface area (Å²) in [6.45, 7) is 5.99. The average molecular weight is 262 g/mol. The van der Waals surface area contributed by atoms with Gasteiger partial charge in [0.1, 0.15) is 5.75 Å². The number of nitrogens with zero attached hydrogens (tertiary/aromatic N) is 2. The third-order valence-corrected chi connectivity index (χ3v) is 3.12. The topological polar surface area (TPSA) is 56.5 Å². The van der Waals surface area contributed by atoms with Gasteiger partial charge in [-0.05, 0) is 38.5 Å². The molecule has 4 nitrogen and oxygen atoms in total. The van der Waals surface area contributed by atoms with E-state index in [1.165, 1.54) is 0 Å². The summed E-state index contributed by atoms with van der Waals surface area (Å²) in [5.74, 6) is 0.800. The summed E-state index contributed by atoms with van der Waals surface area (Å²) in [4.78, 5) is 2.26. The molecule has 0 atom stereocenters. The normalized spacial score (nSPS) is 10.8. The lowest BCUT2D eigenvalue weighted by Gasteiger charge is -2.27. The second kappa shape index (κ2) is 7.78. The highest BCUT2D eigenvalue weighted by molar-refractivity contribution is 5.42. The smallest absolute Gasteiger partial charge is 0.123 e. The summed E-state index contributed by atoms with van der Waals surface area (Å²) in [6, 6.07) is 7.99. The van der Waals surface area contributed by atoms with Gasteiger partial charge in [-0.25, -0.2) is 0 Å².